The lowest BCUT2D eigenvalue weighted by molar-refractivity contribution is -0.135. The molecule has 0 bridgehead atoms. The van der Waals surface area contributed by atoms with Gasteiger partial charge in [-0.2, -0.15) is 0 Å². The number of aliphatic hydroxyl groups excluding tert-OH is 1. The molecule has 0 amide bonds. The van der Waals surface area contributed by atoms with E-state index in [4.69, 9.17) is 9.47 Å². The number of benzene rings is 1. The minimum absolute atomic E-state index is 0.0256. The number of allylic oxidation sites excluding steroid dienone is 1. The van der Waals surface area contributed by atoms with Crippen LogP contribution in [0.15, 0.2) is 22.3 Å². The summed E-state index contributed by atoms with van der Waals surface area (Å²) in [6.07, 6.45) is 15.0. The fourth-order valence-electron chi connectivity index (χ4n) is 7.08. The molecule has 1 aromatic carbocycles. The van der Waals surface area contributed by atoms with Gasteiger partial charge in [0, 0.05) is 29.3 Å². The molecule has 3 aliphatic rings. The fraction of sp³-hybridized carbons (Fsp3) is 0.710. The number of hydrogen-bond donors (Lipinski definition) is 3. The maximum atomic E-state index is 11.2. The van der Waals surface area contributed by atoms with E-state index in [0.717, 1.165) is 54.0 Å². The molecule has 2 aliphatic heterocycles. The lowest BCUT2D eigenvalue weighted by Crippen LogP contribution is -2.51. The standard InChI is InChI=1S/C31H47BrN2O5/c1-4-5-6-7-8-9-10-11-12-13-34-19-22-15-25(38-3)29(32)30-28(22)31(17-24(34)20-35)21(2)14-23(16-26(31)39-30)33-18-27(36)37/h15-16,21,24,26,33,35H,4-14,17-20H2,1-3H3,(H,36,37)/t21-,24+,26-,31+/m1/s1. The lowest BCUT2D eigenvalue weighted by atomic mass is 9.60. The molecule has 7 nitrogen and oxygen atoms in total. The first-order valence-corrected chi connectivity index (χ1v) is 15.7. The highest BCUT2D eigenvalue weighted by atomic mass is 79.9. The van der Waals surface area contributed by atoms with E-state index in [2.05, 4.69) is 52.1 Å². The molecule has 4 rings (SSSR count). The number of carboxylic acids is 1. The van der Waals surface area contributed by atoms with Gasteiger partial charge < -0.3 is 25.0 Å². The van der Waals surface area contributed by atoms with Crippen LogP contribution in [0.1, 0.15) is 95.6 Å². The summed E-state index contributed by atoms with van der Waals surface area (Å²) in [6.45, 7) is 6.22. The number of carboxylic acid groups (broad SMARTS) is 1. The zero-order valence-corrected chi connectivity index (χ0v) is 25.5. The van der Waals surface area contributed by atoms with Crippen molar-refractivity contribution in [3.63, 3.8) is 0 Å². The van der Waals surface area contributed by atoms with Gasteiger partial charge >= 0.3 is 5.97 Å². The quantitative estimate of drug-likeness (QED) is 0.206. The minimum Gasteiger partial charge on any atom is -0.495 e. The number of carbonyl (C=O) groups is 1. The number of halogens is 1. The van der Waals surface area contributed by atoms with Crippen molar-refractivity contribution in [2.75, 3.05) is 26.8 Å². The first-order chi connectivity index (χ1) is 18.8. The van der Waals surface area contributed by atoms with Gasteiger partial charge in [-0.15, -0.1) is 0 Å². The second-order valence-electron chi connectivity index (χ2n) is 11.7. The predicted molar refractivity (Wildman–Crippen MR) is 157 cm³/mol. The minimum atomic E-state index is -0.879. The number of hydrogen-bond acceptors (Lipinski definition) is 6. The summed E-state index contributed by atoms with van der Waals surface area (Å²) >= 11 is 3.75. The van der Waals surface area contributed by atoms with Crippen molar-refractivity contribution in [2.45, 2.75) is 109 Å². The molecule has 39 heavy (non-hydrogen) atoms. The second-order valence-corrected chi connectivity index (χ2v) is 12.5. The van der Waals surface area contributed by atoms with Crippen molar-refractivity contribution >= 4 is 21.9 Å². The van der Waals surface area contributed by atoms with Gasteiger partial charge in [-0.25, -0.2) is 0 Å². The van der Waals surface area contributed by atoms with Crippen molar-refractivity contribution in [1.29, 1.82) is 0 Å². The molecular weight excluding hydrogens is 560 g/mol. The molecule has 218 valence electrons. The fourth-order valence-corrected chi connectivity index (χ4v) is 7.64. The van der Waals surface area contributed by atoms with Crippen molar-refractivity contribution in [3.05, 3.63) is 33.4 Å². The van der Waals surface area contributed by atoms with Crippen LogP contribution in [0.4, 0.5) is 0 Å². The summed E-state index contributed by atoms with van der Waals surface area (Å²) in [7, 11) is 1.68. The molecular formula is C31H47BrN2O5. The summed E-state index contributed by atoms with van der Waals surface area (Å²) in [5.74, 6) is 0.907. The Morgan fingerprint density at radius 1 is 1.21 bits per heavy atom. The van der Waals surface area contributed by atoms with Crippen molar-refractivity contribution < 1.29 is 24.5 Å². The SMILES string of the molecule is CCCCCCCCCCCN1Cc2cc(OC)c(Br)c3c2[C@@]2(C[C@H]1CO)[C@H](C)CC(NCC(=O)O)=C[C@H]2O3. The Morgan fingerprint density at radius 2 is 1.90 bits per heavy atom. The summed E-state index contributed by atoms with van der Waals surface area (Å²) in [6, 6.07) is 2.17. The number of aliphatic hydroxyl groups is 1. The van der Waals surface area contributed by atoms with E-state index in [1.807, 2.05) is 0 Å². The number of unbranched alkanes of at least 4 members (excludes halogenated alkanes) is 8. The van der Waals surface area contributed by atoms with Crippen LogP contribution >= 0.6 is 15.9 Å². The van der Waals surface area contributed by atoms with E-state index >= 15 is 0 Å². The van der Waals surface area contributed by atoms with Crippen LogP contribution in [0.5, 0.6) is 11.5 Å². The number of methoxy groups -OCH3 is 1. The first-order valence-electron chi connectivity index (χ1n) is 14.9. The third-order valence-electron chi connectivity index (χ3n) is 9.15. The molecule has 1 aromatic rings. The lowest BCUT2D eigenvalue weighted by Gasteiger charge is -2.44. The smallest absolute Gasteiger partial charge is 0.322 e. The molecule has 8 heteroatoms. The molecule has 0 radical (unpaired) electrons. The molecule has 0 aromatic heterocycles. The maximum absolute atomic E-state index is 11.2. The topological polar surface area (TPSA) is 91.3 Å². The Morgan fingerprint density at radius 3 is 2.54 bits per heavy atom. The molecule has 4 atom stereocenters. The van der Waals surface area contributed by atoms with Gasteiger partial charge in [0.25, 0.3) is 0 Å². The molecule has 0 unspecified atom stereocenters. The molecule has 0 fully saturated rings. The van der Waals surface area contributed by atoms with Crippen molar-refractivity contribution in [3.8, 4) is 11.5 Å². The first kappa shape index (κ1) is 30.2. The van der Waals surface area contributed by atoms with E-state index in [1.165, 1.54) is 62.5 Å². The van der Waals surface area contributed by atoms with E-state index in [-0.39, 0.29) is 36.6 Å². The summed E-state index contributed by atoms with van der Waals surface area (Å²) < 4.78 is 13.2. The van der Waals surface area contributed by atoms with E-state index in [9.17, 15) is 15.0 Å². The van der Waals surface area contributed by atoms with Crippen LogP contribution in [0.3, 0.4) is 0 Å². The Bertz CT molecular complexity index is 1030. The highest BCUT2D eigenvalue weighted by Crippen LogP contribution is 2.60. The molecule has 3 N–H and O–H groups in total. The zero-order chi connectivity index (χ0) is 28.0. The predicted octanol–water partition coefficient (Wildman–Crippen LogP) is 6.15. The molecule has 0 saturated heterocycles. The molecule has 2 heterocycles. The maximum Gasteiger partial charge on any atom is 0.322 e. The van der Waals surface area contributed by atoms with Gasteiger partial charge in [-0.05, 0) is 65.4 Å². The molecule has 1 spiro atoms. The van der Waals surface area contributed by atoms with Crippen LogP contribution in [0.25, 0.3) is 0 Å². The second kappa shape index (κ2) is 13.7. The van der Waals surface area contributed by atoms with Gasteiger partial charge in [0.1, 0.15) is 28.6 Å². The van der Waals surface area contributed by atoms with Crippen LogP contribution in [0.2, 0.25) is 0 Å². The third kappa shape index (κ3) is 6.43. The monoisotopic (exact) mass is 606 g/mol. The van der Waals surface area contributed by atoms with Gasteiger partial charge in [0.05, 0.1) is 13.7 Å². The van der Waals surface area contributed by atoms with Crippen molar-refractivity contribution in [1.82, 2.24) is 10.2 Å². The Hall–Kier alpha value is -1.77. The van der Waals surface area contributed by atoms with Gasteiger partial charge in [-0.1, -0.05) is 65.2 Å². The van der Waals surface area contributed by atoms with Crippen molar-refractivity contribution in [2.24, 2.45) is 5.92 Å². The third-order valence-corrected chi connectivity index (χ3v) is 9.91. The van der Waals surface area contributed by atoms with Gasteiger partial charge in [0.15, 0.2) is 0 Å². The Kier molecular flexibility index (Phi) is 10.6. The summed E-state index contributed by atoms with van der Waals surface area (Å²) in [5.41, 5.74) is 3.05. The highest BCUT2D eigenvalue weighted by molar-refractivity contribution is 9.10. The molecule has 0 saturated carbocycles. The number of rotatable bonds is 15. The van der Waals surface area contributed by atoms with Gasteiger partial charge in [-0.3, -0.25) is 9.69 Å². The van der Waals surface area contributed by atoms with E-state index in [1.54, 1.807) is 7.11 Å². The van der Waals surface area contributed by atoms with Crippen LogP contribution < -0.4 is 14.8 Å². The van der Waals surface area contributed by atoms with Crippen LogP contribution in [0, 0.1) is 5.92 Å². The number of ether oxygens (including phenoxy) is 2. The highest BCUT2D eigenvalue weighted by Gasteiger charge is 2.58. The number of aliphatic carboxylic acids is 1. The largest absolute Gasteiger partial charge is 0.495 e. The average Bonchev–Trinajstić information content (AvgIpc) is 3.18. The number of nitrogens with zero attached hydrogens (tertiary/aromatic N) is 1. The zero-order valence-electron chi connectivity index (χ0n) is 23.9. The van der Waals surface area contributed by atoms with E-state index < -0.39 is 5.97 Å². The van der Waals surface area contributed by atoms with Crippen LogP contribution in [-0.4, -0.2) is 60.0 Å². The van der Waals surface area contributed by atoms with Gasteiger partial charge in [0.2, 0.25) is 0 Å². The Balaban J connectivity index is 1.55. The number of nitrogens with one attached hydrogen (secondary N) is 1. The average molecular weight is 608 g/mol. The van der Waals surface area contributed by atoms with E-state index in [0.29, 0.717) is 0 Å². The Labute approximate surface area is 242 Å². The summed E-state index contributed by atoms with van der Waals surface area (Å²) in [4.78, 5) is 13.7. The summed E-state index contributed by atoms with van der Waals surface area (Å²) in [5, 5.41) is 22.9. The molecule has 1 aliphatic carbocycles. The van der Waals surface area contributed by atoms with Crippen LogP contribution in [-0.2, 0) is 16.8 Å². The normalized spacial score (nSPS) is 25.8.